The fourth-order valence-corrected chi connectivity index (χ4v) is 1.19. The summed E-state index contributed by atoms with van der Waals surface area (Å²) in [6.45, 7) is 0. The van der Waals surface area contributed by atoms with E-state index < -0.39 is 0 Å². The van der Waals surface area contributed by atoms with Crippen molar-refractivity contribution in [1.82, 2.24) is 4.98 Å². The number of ketones is 1. The topological polar surface area (TPSA) is 43.1 Å². The lowest BCUT2D eigenvalue weighted by atomic mass is 10.1. The van der Waals surface area contributed by atoms with E-state index in [2.05, 4.69) is 4.98 Å². The predicted octanol–water partition coefficient (Wildman–Crippen LogP) is 2.56. The third-order valence-corrected chi connectivity index (χ3v) is 1.98. The number of hydrogen-bond acceptors (Lipinski definition) is 3. The van der Waals surface area contributed by atoms with Gasteiger partial charge < -0.3 is 4.42 Å². The summed E-state index contributed by atoms with van der Waals surface area (Å²) in [5.41, 5.74) is 0.511. The molecule has 0 fully saturated rings. The number of carbonyl (C=O) groups is 1. The quantitative estimate of drug-likeness (QED) is 0.711. The second-order valence-electron chi connectivity index (χ2n) is 2.67. The minimum absolute atomic E-state index is 0.0901. The van der Waals surface area contributed by atoms with Gasteiger partial charge in [-0.25, -0.2) is 4.98 Å². The van der Waals surface area contributed by atoms with Crippen LogP contribution in [0.5, 0.6) is 0 Å². The number of benzene rings is 1. The first-order chi connectivity index (χ1) is 6.77. The second kappa shape index (κ2) is 3.64. The van der Waals surface area contributed by atoms with Crippen LogP contribution in [0.3, 0.4) is 0 Å². The Morgan fingerprint density at radius 1 is 1.29 bits per heavy atom. The molecule has 1 aromatic heterocycles. The molecule has 0 aliphatic carbocycles. The smallest absolute Gasteiger partial charge is 0.268 e. The number of hydrogen-bond donors (Lipinski definition) is 0. The van der Waals surface area contributed by atoms with Crippen molar-refractivity contribution in [2.75, 3.05) is 0 Å². The summed E-state index contributed by atoms with van der Waals surface area (Å²) in [5.74, 6) is -0.154. The lowest BCUT2D eigenvalue weighted by Gasteiger charge is -1.95. The normalized spacial score (nSPS) is 10.1. The van der Waals surface area contributed by atoms with E-state index >= 15 is 0 Å². The van der Waals surface area contributed by atoms with E-state index in [0.29, 0.717) is 10.6 Å². The van der Waals surface area contributed by atoms with Gasteiger partial charge in [-0.3, -0.25) is 4.79 Å². The van der Waals surface area contributed by atoms with Crippen LogP contribution in [0.2, 0.25) is 5.02 Å². The molecule has 4 heteroatoms. The third kappa shape index (κ3) is 1.67. The van der Waals surface area contributed by atoms with Crippen LogP contribution in [0.1, 0.15) is 16.2 Å². The van der Waals surface area contributed by atoms with Crippen LogP contribution in [0.25, 0.3) is 0 Å². The summed E-state index contributed by atoms with van der Waals surface area (Å²) < 4.78 is 4.89. The summed E-state index contributed by atoms with van der Waals surface area (Å²) in [5, 5.41) is 0.592. The zero-order valence-electron chi connectivity index (χ0n) is 7.11. The van der Waals surface area contributed by atoms with Gasteiger partial charge in [0.15, 0.2) is 0 Å². The van der Waals surface area contributed by atoms with Crippen LogP contribution in [-0.4, -0.2) is 10.8 Å². The van der Waals surface area contributed by atoms with E-state index in [1.807, 2.05) is 0 Å². The first kappa shape index (κ1) is 8.97. The predicted molar refractivity (Wildman–Crippen MR) is 51.4 cm³/mol. The summed E-state index contributed by atoms with van der Waals surface area (Å²) in [6.07, 6.45) is 2.80. The molecule has 0 N–H and O–H groups in total. The molecule has 2 aromatic rings. The van der Waals surface area contributed by atoms with Crippen molar-refractivity contribution in [3.63, 3.8) is 0 Å². The first-order valence-electron chi connectivity index (χ1n) is 3.97. The van der Waals surface area contributed by atoms with Crippen molar-refractivity contribution >= 4 is 17.4 Å². The van der Waals surface area contributed by atoms with Crippen LogP contribution in [0.4, 0.5) is 0 Å². The van der Waals surface area contributed by atoms with Crippen LogP contribution in [0, 0.1) is 0 Å². The van der Waals surface area contributed by atoms with Crippen molar-refractivity contribution in [1.29, 1.82) is 0 Å². The number of rotatable bonds is 2. The molecule has 0 saturated heterocycles. The van der Waals surface area contributed by atoms with Gasteiger partial charge in [0, 0.05) is 10.6 Å². The minimum Gasteiger partial charge on any atom is -0.442 e. The zero-order chi connectivity index (χ0) is 9.97. The van der Waals surface area contributed by atoms with Crippen molar-refractivity contribution in [3.8, 4) is 0 Å². The zero-order valence-corrected chi connectivity index (χ0v) is 7.86. The van der Waals surface area contributed by atoms with Crippen LogP contribution >= 0.6 is 11.6 Å². The van der Waals surface area contributed by atoms with Gasteiger partial charge in [-0.1, -0.05) is 11.6 Å². The fourth-order valence-electron chi connectivity index (χ4n) is 1.06. The van der Waals surface area contributed by atoms with E-state index in [4.69, 9.17) is 16.0 Å². The molecular weight excluding hydrogens is 202 g/mol. The number of aromatic nitrogens is 1. The number of carbonyl (C=O) groups excluding carboxylic acids is 1. The minimum atomic E-state index is -0.244. The summed E-state index contributed by atoms with van der Waals surface area (Å²) >= 11 is 5.69. The average molecular weight is 208 g/mol. The Morgan fingerprint density at radius 2 is 2.00 bits per heavy atom. The molecule has 1 heterocycles. The van der Waals surface area contributed by atoms with Gasteiger partial charge in [0.05, 0.1) is 6.20 Å². The molecule has 2 rings (SSSR count). The van der Waals surface area contributed by atoms with Gasteiger partial charge in [0.1, 0.15) is 6.26 Å². The number of halogens is 1. The molecule has 3 nitrogen and oxygen atoms in total. The van der Waals surface area contributed by atoms with Gasteiger partial charge in [-0.2, -0.15) is 0 Å². The van der Waals surface area contributed by atoms with Crippen LogP contribution in [-0.2, 0) is 0 Å². The van der Waals surface area contributed by atoms with Gasteiger partial charge in [0.2, 0.25) is 5.78 Å². The lowest BCUT2D eigenvalue weighted by Crippen LogP contribution is -2.00. The fraction of sp³-hybridized carbons (Fsp3) is 0. The molecule has 0 saturated carbocycles. The Morgan fingerprint density at radius 3 is 2.57 bits per heavy atom. The maximum atomic E-state index is 11.6. The Kier molecular flexibility index (Phi) is 2.33. The maximum absolute atomic E-state index is 11.6. The summed E-state index contributed by atoms with van der Waals surface area (Å²) in [7, 11) is 0. The Bertz CT molecular complexity index is 434. The molecular formula is C10H6ClNO2. The molecule has 0 aliphatic rings. The van der Waals surface area contributed by atoms with E-state index in [1.165, 1.54) is 12.5 Å². The monoisotopic (exact) mass is 207 g/mol. The Hall–Kier alpha value is -1.61. The van der Waals surface area contributed by atoms with E-state index in [-0.39, 0.29) is 11.7 Å². The molecule has 0 bridgehead atoms. The molecule has 0 spiro atoms. The highest BCUT2D eigenvalue weighted by atomic mass is 35.5. The molecule has 0 atom stereocenters. The van der Waals surface area contributed by atoms with Gasteiger partial charge in [-0.05, 0) is 24.3 Å². The van der Waals surface area contributed by atoms with Crippen LogP contribution < -0.4 is 0 Å². The van der Waals surface area contributed by atoms with E-state index in [1.54, 1.807) is 24.3 Å². The molecule has 0 aliphatic heterocycles. The Balaban J connectivity index is 2.33. The number of oxazole rings is 1. The molecule has 0 unspecified atom stereocenters. The van der Waals surface area contributed by atoms with Crippen LogP contribution in [0.15, 0.2) is 41.1 Å². The second-order valence-corrected chi connectivity index (χ2v) is 3.11. The Labute approximate surface area is 85.3 Å². The third-order valence-electron chi connectivity index (χ3n) is 1.73. The van der Waals surface area contributed by atoms with Gasteiger partial charge in [-0.15, -0.1) is 0 Å². The highest BCUT2D eigenvalue weighted by Crippen LogP contribution is 2.12. The highest BCUT2D eigenvalue weighted by Gasteiger charge is 2.12. The van der Waals surface area contributed by atoms with E-state index in [9.17, 15) is 4.79 Å². The largest absolute Gasteiger partial charge is 0.442 e. The van der Waals surface area contributed by atoms with Crippen molar-refractivity contribution < 1.29 is 9.21 Å². The van der Waals surface area contributed by atoms with Gasteiger partial charge in [0.25, 0.3) is 5.89 Å². The summed E-state index contributed by atoms with van der Waals surface area (Å²) in [6, 6.07) is 6.57. The molecule has 1 aromatic carbocycles. The van der Waals surface area contributed by atoms with Crippen molar-refractivity contribution in [3.05, 3.63) is 53.2 Å². The molecule has 14 heavy (non-hydrogen) atoms. The molecule has 0 amide bonds. The van der Waals surface area contributed by atoms with Crippen molar-refractivity contribution in [2.24, 2.45) is 0 Å². The highest BCUT2D eigenvalue weighted by molar-refractivity contribution is 6.30. The van der Waals surface area contributed by atoms with E-state index in [0.717, 1.165) is 0 Å². The molecule has 0 radical (unpaired) electrons. The average Bonchev–Trinajstić information content (AvgIpc) is 2.71. The summed E-state index contributed by atoms with van der Waals surface area (Å²) in [4.78, 5) is 15.4. The standard InChI is InChI=1S/C10H6ClNO2/c11-8-3-1-7(2-4-8)9(13)10-12-5-6-14-10/h1-6H. The maximum Gasteiger partial charge on any atom is 0.268 e. The molecule has 70 valence electrons. The SMILES string of the molecule is O=C(c1ccc(Cl)cc1)c1ncco1. The van der Waals surface area contributed by atoms with Gasteiger partial charge >= 0.3 is 0 Å². The van der Waals surface area contributed by atoms with Crippen molar-refractivity contribution in [2.45, 2.75) is 0 Å². The lowest BCUT2D eigenvalue weighted by molar-refractivity contribution is 0.100. The number of nitrogens with zero attached hydrogens (tertiary/aromatic N) is 1. The first-order valence-corrected chi connectivity index (χ1v) is 4.35.